The van der Waals surface area contributed by atoms with Crippen LogP contribution in [-0.4, -0.2) is 15.3 Å². The van der Waals surface area contributed by atoms with Crippen molar-refractivity contribution < 1.29 is 32.4 Å². The van der Waals surface area contributed by atoms with Crippen LogP contribution in [0.5, 0.6) is 11.5 Å². The fraction of sp³-hybridized carbons (Fsp3) is 0.0811. The summed E-state index contributed by atoms with van der Waals surface area (Å²) in [6.07, 6.45) is 0. The van der Waals surface area contributed by atoms with Crippen LogP contribution in [0.15, 0.2) is 146 Å². The first-order valence-electron chi connectivity index (χ1n) is 14.8. The molecule has 0 aliphatic heterocycles. The van der Waals surface area contributed by atoms with Crippen LogP contribution in [0.25, 0.3) is 10.8 Å². The van der Waals surface area contributed by atoms with E-state index >= 15 is 0 Å². The van der Waals surface area contributed by atoms with Crippen molar-refractivity contribution in [3.63, 3.8) is 0 Å². The SMILES string of the molecule is Cc1ccc(Nc2ccc3c(O)c(N=Nc4cc(CO)c(N=Nc5ccc(N=Nc6ccccc6)c(C)c5)cc4O)ccc3c2)cc1.[Cu]. The molecule has 0 aromatic heterocycles. The molecule has 0 amide bonds. The fourth-order valence-corrected chi connectivity index (χ4v) is 4.81. The van der Waals surface area contributed by atoms with E-state index in [1.165, 1.54) is 17.7 Å². The van der Waals surface area contributed by atoms with Crippen LogP contribution in [0.3, 0.4) is 0 Å². The number of azo groups is 3. The number of fused-ring (bicyclic) bond motifs is 1. The van der Waals surface area contributed by atoms with Gasteiger partial charge in [-0.1, -0.05) is 42.0 Å². The minimum absolute atomic E-state index is 0. The van der Waals surface area contributed by atoms with Crippen molar-refractivity contribution in [2.45, 2.75) is 20.5 Å². The Labute approximate surface area is 287 Å². The van der Waals surface area contributed by atoms with Crippen LogP contribution < -0.4 is 5.32 Å². The van der Waals surface area contributed by atoms with Crippen molar-refractivity contribution in [1.82, 2.24) is 0 Å². The Morgan fingerprint density at radius 2 is 1.23 bits per heavy atom. The molecule has 0 fully saturated rings. The van der Waals surface area contributed by atoms with Gasteiger partial charge in [0.1, 0.15) is 17.1 Å². The van der Waals surface area contributed by atoms with Crippen molar-refractivity contribution in [3.8, 4) is 11.5 Å². The first-order valence-corrected chi connectivity index (χ1v) is 14.8. The molecule has 0 saturated carbocycles. The third-order valence-corrected chi connectivity index (χ3v) is 7.40. The van der Waals surface area contributed by atoms with Crippen LogP contribution >= 0.6 is 0 Å². The van der Waals surface area contributed by atoms with Gasteiger partial charge < -0.3 is 20.6 Å². The van der Waals surface area contributed by atoms with E-state index in [-0.39, 0.29) is 52.2 Å². The Bertz CT molecular complexity index is 2150. The van der Waals surface area contributed by atoms with Crippen LogP contribution in [0.4, 0.5) is 45.5 Å². The van der Waals surface area contributed by atoms with E-state index in [0.29, 0.717) is 22.3 Å². The maximum atomic E-state index is 10.9. The maximum Gasteiger partial charge on any atom is 0.150 e. The van der Waals surface area contributed by atoms with Crippen LogP contribution in [0.2, 0.25) is 0 Å². The van der Waals surface area contributed by atoms with E-state index in [4.69, 9.17) is 0 Å². The number of nitrogens with zero attached hydrogens (tertiary/aromatic N) is 6. The Kier molecular flexibility index (Phi) is 10.7. The van der Waals surface area contributed by atoms with Gasteiger partial charge in [0.2, 0.25) is 0 Å². The summed E-state index contributed by atoms with van der Waals surface area (Å²) in [5.74, 6) is -0.247. The van der Waals surface area contributed by atoms with Crippen LogP contribution in [0.1, 0.15) is 16.7 Å². The monoisotopic (exact) mass is 684 g/mol. The number of rotatable bonds is 9. The molecule has 0 aliphatic rings. The summed E-state index contributed by atoms with van der Waals surface area (Å²) in [4.78, 5) is 0. The number of benzene rings is 6. The predicted molar refractivity (Wildman–Crippen MR) is 184 cm³/mol. The molecule has 4 N–H and O–H groups in total. The van der Waals surface area contributed by atoms with Gasteiger partial charge in [0.25, 0.3) is 0 Å². The van der Waals surface area contributed by atoms with E-state index in [2.05, 4.69) is 36.0 Å². The number of aliphatic hydroxyl groups is 1. The number of phenols is 2. The third-order valence-electron chi connectivity index (χ3n) is 7.40. The summed E-state index contributed by atoms with van der Waals surface area (Å²) in [6.45, 7) is 3.57. The molecule has 0 saturated heterocycles. The van der Waals surface area contributed by atoms with Crippen molar-refractivity contribution in [1.29, 1.82) is 0 Å². The summed E-state index contributed by atoms with van der Waals surface area (Å²) in [5, 5.41) is 61.9. The number of aliphatic hydroxyl groups excluding tert-OH is 1. The van der Waals surface area contributed by atoms with E-state index < -0.39 is 0 Å². The van der Waals surface area contributed by atoms with E-state index in [9.17, 15) is 15.3 Å². The number of aromatic hydroxyl groups is 2. The molecule has 0 atom stereocenters. The zero-order chi connectivity index (χ0) is 32.8. The summed E-state index contributed by atoms with van der Waals surface area (Å²) in [5.41, 5.74) is 6.91. The van der Waals surface area contributed by atoms with Crippen molar-refractivity contribution >= 4 is 56.3 Å². The number of anilines is 2. The largest absolute Gasteiger partial charge is 0.506 e. The van der Waals surface area contributed by atoms with Gasteiger partial charge in [-0.15, -0.1) is 10.2 Å². The van der Waals surface area contributed by atoms with E-state index in [1.54, 1.807) is 18.2 Å². The second-order valence-electron chi connectivity index (χ2n) is 10.9. The second kappa shape index (κ2) is 15.2. The minimum atomic E-state index is -0.366. The number of hydrogen-bond acceptors (Lipinski definition) is 10. The first kappa shape index (κ1) is 33.6. The first-order chi connectivity index (χ1) is 22.9. The molecule has 0 aliphatic carbocycles. The molecule has 10 nitrogen and oxygen atoms in total. The zero-order valence-electron chi connectivity index (χ0n) is 26.0. The second-order valence-corrected chi connectivity index (χ2v) is 10.9. The van der Waals surface area contributed by atoms with Gasteiger partial charge in [0, 0.05) is 45.5 Å². The molecule has 11 heteroatoms. The maximum absolute atomic E-state index is 10.9. The van der Waals surface area contributed by atoms with Gasteiger partial charge in [0.05, 0.1) is 29.4 Å². The van der Waals surface area contributed by atoms with Crippen molar-refractivity contribution in [2.75, 3.05) is 5.32 Å². The summed E-state index contributed by atoms with van der Waals surface area (Å²) >= 11 is 0. The number of hydrogen-bond donors (Lipinski definition) is 4. The Morgan fingerprint density at radius 3 is 1.98 bits per heavy atom. The van der Waals surface area contributed by atoms with E-state index in [0.717, 1.165) is 28.0 Å². The smallest absolute Gasteiger partial charge is 0.150 e. The molecule has 6 aromatic rings. The molecule has 1 radical (unpaired) electrons. The molecule has 48 heavy (non-hydrogen) atoms. The van der Waals surface area contributed by atoms with Gasteiger partial charge in [0.15, 0.2) is 5.75 Å². The standard InChI is InChI=1S/C37H31N7O3.Cu/c1-23-8-11-27(12-9-23)38-29-13-15-31-25(19-29)10-16-33(37(31)47)42-44-35-20-26(22-45)34(21-36(35)46)43-40-30-14-17-32(24(2)18-30)41-39-28-6-4-3-5-7-28;/h3-21,38,45-47H,22H2,1-2H3;. The molecule has 0 spiro atoms. The topological polar surface area (TPSA) is 147 Å². The van der Waals surface area contributed by atoms with E-state index in [1.807, 2.05) is 98.8 Å². The van der Waals surface area contributed by atoms with Crippen molar-refractivity contribution in [3.05, 3.63) is 132 Å². The fourth-order valence-electron chi connectivity index (χ4n) is 4.81. The van der Waals surface area contributed by atoms with Gasteiger partial charge in [-0.3, -0.25) is 0 Å². The zero-order valence-corrected chi connectivity index (χ0v) is 26.9. The summed E-state index contributed by atoms with van der Waals surface area (Å²) < 4.78 is 0. The number of phenolic OH excluding ortho intramolecular Hbond substituents is 2. The molecule has 6 rings (SSSR count). The average Bonchev–Trinajstić information content (AvgIpc) is 3.08. The Hall–Kier alpha value is -5.74. The molecule has 243 valence electrons. The predicted octanol–water partition coefficient (Wildman–Crippen LogP) is 11.3. The summed E-state index contributed by atoms with van der Waals surface area (Å²) in [6, 6.07) is 34.9. The van der Waals surface area contributed by atoms with Gasteiger partial charge >= 0.3 is 0 Å². The van der Waals surface area contributed by atoms with Crippen LogP contribution in [-0.2, 0) is 23.7 Å². The molecule has 6 aromatic carbocycles. The quantitative estimate of drug-likeness (QED) is 0.0885. The van der Waals surface area contributed by atoms with Crippen LogP contribution in [0, 0.1) is 13.8 Å². The normalized spacial score (nSPS) is 11.5. The van der Waals surface area contributed by atoms with Crippen molar-refractivity contribution in [2.24, 2.45) is 30.7 Å². The molecular formula is C37H31CuN7O3. The van der Waals surface area contributed by atoms with Gasteiger partial charge in [-0.25, -0.2) is 0 Å². The average molecular weight is 685 g/mol. The Morgan fingerprint density at radius 1 is 0.562 bits per heavy atom. The number of aryl methyl sites for hydroxylation is 2. The number of nitrogens with one attached hydrogen (secondary N) is 1. The third kappa shape index (κ3) is 7.97. The van der Waals surface area contributed by atoms with Gasteiger partial charge in [-0.2, -0.15) is 20.5 Å². The Balaban J connectivity index is 0.00000451. The molecule has 0 unspecified atom stereocenters. The summed E-state index contributed by atoms with van der Waals surface area (Å²) in [7, 11) is 0. The molecule has 0 bridgehead atoms. The minimum Gasteiger partial charge on any atom is -0.506 e. The van der Waals surface area contributed by atoms with Gasteiger partial charge in [-0.05, 0) is 97.6 Å². The molecular weight excluding hydrogens is 654 g/mol. The molecule has 0 heterocycles.